The lowest BCUT2D eigenvalue weighted by atomic mass is 10.0. The van der Waals surface area contributed by atoms with E-state index in [9.17, 15) is 4.79 Å². The summed E-state index contributed by atoms with van der Waals surface area (Å²) in [4.78, 5) is 13.1. The van der Waals surface area contributed by atoms with Crippen LogP contribution >= 0.6 is 11.6 Å². The normalized spacial score (nSPS) is 31.3. The second-order valence-corrected chi connectivity index (χ2v) is 3.26. The summed E-state index contributed by atoms with van der Waals surface area (Å²) in [5.41, 5.74) is -5.00. The van der Waals surface area contributed by atoms with Crippen LogP contribution < -0.4 is 5.32 Å². The van der Waals surface area contributed by atoms with E-state index < -0.39 is 79.5 Å². The molecule has 0 aliphatic carbocycles. The van der Waals surface area contributed by atoms with E-state index in [1.165, 1.54) is 5.32 Å². The molecule has 0 bridgehead atoms. The van der Waals surface area contributed by atoms with Gasteiger partial charge in [0.1, 0.15) is 0 Å². The van der Waals surface area contributed by atoms with Crippen LogP contribution in [0.2, 0.25) is 5.02 Å². The molecule has 1 atom stereocenters. The minimum atomic E-state index is -3.89. The van der Waals surface area contributed by atoms with E-state index in [0.29, 0.717) is 0 Å². The Morgan fingerprint density at radius 2 is 2.31 bits per heavy atom. The average Bonchev–Trinajstić information content (AvgIpc) is 2.54. The first-order chi connectivity index (χ1) is 13.9. The van der Waals surface area contributed by atoms with Gasteiger partial charge in [-0.05, 0) is 39.5 Å². The molecule has 2 nitrogen and oxygen atoms in total. The number of halogens is 1. The van der Waals surface area contributed by atoms with Gasteiger partial charge in [0.2, 0.25) is 0 Å². The summed E-state index contributed by atoms with van der Waals surface area (Å²) in [5, 5.41) is 0.731. The molecule has 0 aliphatic heterocycles. The second-order valence-electron chi connectivity index (χ2n) is 2.88. The highest BCUT2D eigenvalue weighted by Crippen LogP contribution is 2.13. The van der Waals surface area contributed by atoms with Gasteiger partial charge in [0.15, 0.2) is 5.78 Å². The van der Waals surface area contributed by atoms with Gasteiger partial charge in [-0.15, -0.1) is 0 Å². The number of carbonyl (C=O) groups excluding carboxylic acids is 1. The van der Waals surface area contributed by atoms with Crippen molar-refractivity contribution in [2.45, 2.75) is 39.0 Å². The molecular weight excluding hydrogens is 222 g/mol. The van der Waals surface area contributed by atoms with Crippen LogP contribution in [0.25, 0.3) is 0 Å². The highest BCUT2D eigenvalue weighted by atomic mass is 35.5. The Balaban J connectivity index is 3.94. The van der Waals surface area contributed by atoms with Gasteiger partial charge in [0, 0.05) is 32.6 Å². The van der Waals surface area contributed by atoms with Crippen molar-refractivity contribution in [2.75, 3.05) is 0 Å². The molecule has 0 saturated heterocycles. The third kappa shape index (κ3) is 3.95. The Morgan fingerprint density at radius 3 is 2.94 bits per heavy atom. The second kappa shape index (κ2) is 4.98. The summed E-state index contributed by atoms with van der Waals surface area (Å²) in [6.07, 6.45) is 0. The van der Waals surface area contributed by atoms with Crippen molar-refractivity contribution < 1.29 is 26.7 Å². The summed E-state index contributed by atoms with van der Waals surface area (Å²) in [5.74, 6) is -1.75. The van der Waals surface area contributed by atoms with Gasteiger partial charge in [-0.2, -0.15) is 0 Å². The maximum atomic E-state index is 13.1. The monoisotopic (exact) mass is 255 g/mol. The average molecular weight is 256 g/mol. The van der Waals surface area contributed by atoms with Crippen molar-refractivity contribution in [2.24, 2.45) is 0 Å². The molecular formula is C13H18ClNO. The van der Waals surface area contributed by atoms with E-state index in [1.54, 1.807) is 0 Å². The third-order valence-electron chi connectivity index (χ3n) is 1.46. The smallest absolute Gasteiger partial charge is 0.179 e. The first kappa shape index (κ1) is 3.12. The molecule has 16 heavy (non-hydrogen) atoms. The molecule has 0 aliphatic rings. The third-order valence-corrected chi connectivity index (χ3v) is 1.65. The maximum absolute atomic E-state index is 13.1. The summed E-state index contributed by atoms with van der Waals surface area (Å²) < 4.78 is 122. The van der Waals surface area contributed by atoms with Gasteiger partial charge in [0.25, 0.3) is 0 Å². The SMILES string of the molecule is [2H]c1c([2H])c(Cl)c([2H])c(C(=O)C(NC(C([2H])([2H])[2H])(C([2H])([2H])[2H])C([2H])([2H])[2H])C([2H])([2H])[2H])c1[2H]. The first-order valence-corrected chi connectivity index (χ1v) is 4.39. The van der Waals surface area contributed by atoms with E-state index >= 15 is 0 Å². The Labute approximate surface area is 124 Å². The lowest BCUT2D eigenvalue weighted by Crippen LogP contribution is -2.46. The highest BCUT2D eigenvalue weighted by molar-refractivity contribution is 6.31. The van der Waals surface area contributed by atoms with Crippen LogP contribution in [0, 0.1) is 0 Å². The molecule has 0 saturated carbocycles. The Kier molecular flexibility index (Phi) is 0.972. The molecule has 0 spiro atoms. The summed E-state index contributed by atoms with van der Waals surface area (Å²) in [7, 11) is 0. The fourth-order valence-corrected chi connectivity index (χ4v) is 1.01. The molecule has 1 unspecified atom stereocenters. The van der Waals surface area contributed by atoms with Gasteiger partial charge in [-0.3, -0.25) is 4.79 Å². The number of hydrogen-bond acceptors (Lipinski definition) is 2. The first-order valence-electron chi connectivity index (χ1n) is 12.0. The fraction of sp³-hybridized carbons (Fsp3) is 0.462. The van der Waals surface area contributed by atoms with E-state index in [4.69, 9.17) is 33.5 Å². The molecule has 88 valence electrons. The van der Waals surface area contributed by atoms with Crippen molar-refractivity contribution in [1.82, 2.24) is 5.32 Å². The van der Waals surface area contributed by atoms with Gasteiger partial charge in [-0.25, -0.2) is 0 Å². The quantitative estimate of drug-likeness (QED) is 0.840. The Hall–Kier alpha value is -0.860. The van der Waals surface area contributed by atoms with Gasteiger partial charge >= 0.3 is 0 Å². The largest absolute Gasteiger partial charge is 0.303 e. The molecule has 0 amide bonds. The topological polar surface area (TPSA) is 29.1 Å². The van der Waals surface area contributed by atoms with E-state index in [1.807, 2.05) is 0 Å². The minimum absolute atomic E-state index is 0.785. The minimum Gasteiger partial charge on any atom is -0.303 e. The van der Waals surface area contributed by atoms with Gasteiger partial charge < -0.3 is 5.32 Å². The van der Waals surface area contributed by atoms with Crippen LogP contribution in [0.1, 0.15) is 59.7 Å². The predicted molar refractivity (Wildman–Crippen MR) is 68.1 cm³/mol. The zero-order chi connectivity index (χ0) is 25.8. The van der Waals surface area contributed by atoms with E-state index in [0.717, 1.165) is 0 Å². The van der Waals surface area contributed by atoms with Crippen LogP contribution in [0.15, 0.2) is 24.2 Å². The van der Waals surface area contributed by atoms with Crippen LogP contribution in [-0.4, -0.2) is 17.4 Å². The number of nitrogens with one attached hydrogen (secondary N) is 1. The van der Waals surface area contributed by atoms with Crippen molar-refractivity contribution in [3.05, 3.63) is 34.8 Å². The van der Waals surface area contributed by atoms with Crippen LogP contribution in [0.4, 0.5) is 0 Å². The number of carbonyl (C=O) groups is 1. The zero-order valence-electron chi connectivity index (χ0n) is 23.9. The number of ketones is 1. The lowest BCUT2D eigenvalue weighted by molar-refractivity contribution is 0.0936. The summed E-state index contributed by atoms with van der Waals surface area (Å²) >= 11 is 5.71. The molecule has 1 N–H and O–H groups in total. The molecule has 0 radical (unpaired) electrons. The summed E-state index contributed by atoms with van der Waals surface area (Å²) in [6, 6.07) is -6.71. The molecule has 3 heteroatoms. The molecule has 1 aromatic rings. The Bertz CT molecular complexity index is 831. The van der Waals surface area contributed by atoms with E-state index in [2.05, 4.69) is 0 Å². The zero-order valence-corrected chi connectivity index (χ0v) is 8.62. The predicted octanol–water partition coefficient (Wildman–Crippen LogP) is 3.30. The molecule has 0 heterocycles. The highest BCUT2D eigenvalue weighted by Gasteiger charge is 2.20. The molecule has 1 rings (SSSR count). The standard InChI is InChI=1S/C13H18ClNO/c1-9(15-13(2,3)4)12(16)10-6-5-7-11(14)8-10/h5-9,15H,1-4H3/i1D3,2D3,3D3,4D3,5D,6D,7D,8D. The van der Waals surface area contributed by atoms with Gasteiger partial charge in [-0.1, -0.05) is 23.7 Å². The van der Waals surface area contributed by atoms with Crippen LogP contribution in [0.5, 0.6) is 0 Å². The number of benzene rings is 1. The van der Waals surface area contributed by atoms with Crippen molar-refractivity contribution in [3.63, 3.8) is 0 Å². The lowest BCUT2D eigenvalue weighted by Gasteiger charge is -2.25. The number of Topliss-reactive ketones (excluding diaryl/α,β-unsaturated/α-hetero) is 1. The number of hydrogen-bond donors (Lipinski definition) is 1. The van der Waals surface area contributed by atoms with Crippen molar-refractivity contribution in [3.8, 4) is 0 Å². The van der Waals surface area contributed by atoms with Crippen molar-refractivity contribution >= 4 is 17.4 Å². The molecule has 0 aromatic heterocycles. The van der Waals surface area contributed by atoms with E-state index in [-0.39, 0.29) is 0 Å². The maximum Gasteiger partial charge on any atom is 0.179 e. The van der Waals surface area contributed by atoms with Gasteiger partial charge in [0.05, 0.1) is 11.5 Å². The fourth-order valence-electron chi connectivity index (χ4n) is 0.870. The molecule has 0 fully saturated rings. The number of rotatable bonds is 3. The van der Waals surface area contributed by atoms with Crippen molar-refractivity contribution in [1.29, 1.82) is 0 Å². The van der Waals surface area contributed by atoms with Crippen LogP contribution in [0.3, 0.4) is 0 Å². The summed E-state index contributed by atoms with van der Waals surface area (Å²) in [6.45, 7) is -15.2. The Morgan fingerprint density at radius 1 is 1.56 bits per heavy atom. The molecule has 1 aromatic carbocycles. The van der Waals surface area contributed by atoms with Crippen LogP contribution in [-0.2, 0) is 0 Å².